The maximum Gasteiger partial charge on any atom is 0.306 e. The number of amides is 3. The Kier molecular flexibility index (Phi) is 7.21. The molecule has 0 aromatic heterocycles. The molecule has 0 spiro atoms. The Bertz CT molecular complexity index is 1220. The third kappa shape index (κ3) is 5.55. The van der Waals surface area contributed by atoms with Crippen molar-refractivity contribution < 1.29 is 28.7 Å². The largest absolute Gasteiger partial charge is 0.497 e. The van der Waals surface area contributed by atoms with Gasteiger partial charge in [-0.1, -0.05) is 24.3 Å². The minimum absolute atomic E-state index is 0.0617. The Morgan fingerprint density at radius 3 is 2.09 bits per heavy atom. The van der Waals surface area contributed by atoms with Gasteiger partial charge in [0.05, 0.1) is 18.2 Å². The maximum absolute atomic E-state index is 12.4. The Morgan fingerprint density at radius 1 is 0.857 bits per heavy atom. The molecule has 0 saturated heterocycles. The van der Waals surface area contributed by atoms with Crippen LogP contribution >= 0.6 is 0 Å². The first kappa shape index (κ1) is 23.7. The summed E-state index contributed by atoms with van der Waals surface area (Å²) < 4.78 is 10.4. The number of carbonyl (C=O) groups is 4. The van der Waals surface area contributed by atoms with E-state index in [1.54, 1.807) is 79.9 Å². The molecule has 4 rings (SSSR count). The van der Waals surface area contributed by atoms with Crippen LogP contribution in [0.1, 0.15) is 49.5 Å². The van der Waals surface area contributed by atoms with Gasteiger partial charge in [0.1, 0.15) is 12.4 Å². The molecule has 1 aliphatic rings. The summed E-state index contributed by atoms with van der Waals surface area (Å²) >= 11 is 0. The van der Waals surface area contributed by atoms with Crippen molar-refractivity contribution in [3.8, 4) is 5.75 Å². The fraction of sp³-hybridized carbons (Fsp3) is 0.185. The number of benzene rings is 3. The van der Waals surface area contributed by atoms with E-state index in [1.807, 2.05) is 0 Å². The molecule has 0 radical (unpaired) electrons. The second kappa shape index (κ2) is 10.6. The van der Waals surface area contributed by atoms with Gasteiger partial charge >= 0.3 is 5.97 Å². The summed E-state index contributed by atoms with van der Waals surface area (Å²) in [6.07, 6.45) is 0.393. The third-order valence-corrected chi connectivity index (χ3v) is 5.60. The molecule has 1 N–H and O–H groups in total. The number of carbonyl (C=O) groups excluding carboxylic acids is 4. The molecule has 3 aromatic carbocycles. The smallest absolute Gasteiger partial charge is 0.306 e. The second-order valence-corrected chi connectivity index (χ2v) is 7.95. The molecule has 35 heavy (non-hydrogen) atoms. The van der Waals surface area contributed by atoms with Crippen molar-refractivity contribution in [1.29, 1.82) is 0 Å². The molecular weight excluding hydrogens is 448 g/mol. The van der Waals surface area contributed by atoms with Gasteiger partial charge in [-0.15, -0.1) is 0 Å². The van der Waals surface area contributed by atoms with Crippen LogP contribution < -0.4 is 10.1 Å². The van der Waals surface area contributed by atoms with Gasteiger partial charge < -0.3 is 14.8 Å². The Balaban J connectivity index is 1.20. The summed E-state index contributed by atoms with van der Waals surface area (Å²) in [5.41, 5.74) is 2.63. The summed E-state index contributed by atoms with van der Waals surface area (Å²) in [5, 5.41) is 2.81. The van der Waals surface area contributed by atoms with Crippen molar-refractivity contribution >= 4 is 29.4 Å². The first-order chi connectivity index (χ1) is 17.0. The molecule has 0 bridgehead atoms. The fourth-order valence-corrected chi connectivity index (χ4v) is 3.69. The van der Waals surface area contributed by atoms with Crippen LogP contribution in [-0.2, 0) is 16.1 Å². The molecule has 3 amide bonds. The quantitative estimate of drug-likeness (QED) is 0.372. The van der Waals surface area contributed by atoms with Gasteiger partial charge in [-0.25, -0.2) is 0 Å². The minimum Gasteiger partial charge on any atom is -0.497 e. The van der Waals surface area contributed by atoms with E-state index in [0.29, 0.717) is 34.5 Å². The first-order valence-corrected chi connectivity index (χ1v) is 11.1. The van der Waals surface area contributed by atoms with E-state index in [2.05, 4.69) is 5.32 Å². The van der Waals surface area contributed by atoms with E-state index >= 15 is 0 Å². The fourth-order valence-electron chi connectivity index (χ4n) is 3.69. The molecule has 0 aliphatic carbocycles. The summed E-state index contributed by atoms with van der Waals surface area (Å²) in [4.78, 5) is 50.4. The SMILES string of the molecule is COc1ccc(NC(=O)c2ccc(COC(=O)CCCN3C(=O)c4ccccc4C3=O)cc2)cc1. The molecule has 178 valence electrons. The topological polar surface area (TPSA) is 102 Å². The van der Waals surface area contributed by atoms with E-state index < -0.39 is 5.97 Å². The molecule has 1 heterocycles. The standard InChI is InChI=1S/C27H24N2O6/c1-34-21-14-12-20(13-15-21)28-25(31)19-10-8-18(9-11-19)17-35-24(30)7-4-16-29-26(32)22-5-2-3-6-23(22)27(29)33/h2-3,5-6,8-15H,4,7,16-17H2,1H3,(H,28,31). The number of nitrogens with zero attached hydrogens (tertiary/aromatic N) is 1. The molecule has 0 unspecified atom stereocenters. The minimum atomic E-state index is -0.428. The Morgan fingerprint density at radius 2 is 1.49 bits per heavy atom. The Hall–Kier alpha value is -4.46. The molecule has 1 aliphatic heterocycles. The average Bonchev–Trinajstić information content (AvgIpc) is 3.13. The van der Waals surface area contributed by atoms with Crippen LogP contribution in [0.15, 0.2) is 72.8 Å². The predicted octanol–water partition coefficient (Wildman–Crippen LogP) is 4.07. The summed E-state index contributed by atoms with van der Waals surface area (Å²) in [6, 6.07) is 20.4. The van der Waals surface area contributed by atoms with Crippen LogP contribution in [0, 0.1) is 0 Å². The zero-order valence-corrected chi connectivity index (χ0v) is 19.2. The molecule has 0 saturated carbocycles. The van der Waals surface area contributed by atoms with Crippen molar-refractivity contribution in [3.63, 3.8) is 0 Å². The molecule has 0 atom stereocenters. The number of nitrogens with one attached hydrogen (secondary N) is 1. The van der Waals surface area contributed by atoms with E-state index in [0.717, 1.165) is 10.5 Å². The highest BCUT2D eigenvalue weighted by Gasteiger charge is 2.34. The number of methoxy groups -OCH3 is 1. The lowest BCUT2D eigenvalue weighted by atomic mass is 10.1. The molecule has 8 nitrogen and oxygen atoms in total. The second-order valence-electron chi connectivity index (χ2n) is 7.95. The summed E-state index contributed by atoms with van der Waals surface area (Å²) in [6.45, 7) is 0.214. The third-order valence-electron chi connectivity index (χ3n) is 5.60. The normalized spacial score (nSPS) is 12.3. The lowest BCUT2D eigenvalue weighted by Gasteiger charge is -2.13. The van der Waals surface area contributed by atoms with Gasteiger partial charge in [-0.3, -0.25) is 24.1 Å². The predicted molar refractivity (Wildman–Crippen MR) is 128 cm³/mol. The number of hydrogen-bond donors (Lipinski definition) is 1. The highest BCUT2D eigenvalue weighted by molar-refractivity contribution is 6.21. The van der Waals surface area contributed by atoms with Gasteiger partial charge in [0.2, 0.25) is 0 Å². The molecule has 8 heteroatoms. The van der Waals surface area contributed by atoms with Crippen molar-refractivity contribution in [2.24, 2.45) is 0 Å². The number of anilines is 1. The van der Waals surface area contributed by atoms with Crippen LogP contribution in [0.25, 0.3) is 0 Å². The van der Waals surface area contributed by atoms with E-state index in [-0.39, 0.29) is 37.3 Å². The highest BCUT2D eigenvalue weighted by atomic mass is 16.5. The summed E-state index contributed by atoms with van der Waals surface area (Å²) in [5.74, 6) is -0.662. The van der Waals surface area contributed by atoms with Crippen LogP contribution in [0.4, 0.5) is 5.69 Å². The van der Waals surface area contributed by atoms with Gasteiger partial charge in [0, 0.05) is 24.2 Å². The van der Waals surface area contributed by atoms with Crippen LogP contribution in [0.3, 0.4) is 0 Å². The maximum atomic E-state index is 12.4. The van der Waals surface area contributed by atoms with Gasteiger partial charge in [0.15, 0.2) is 0 Å². The van der Waals surface area contributed by atoms with E-state index in [4.69, 9.17) is 9.47 Å². The number of esters is 1. The van der Waals surface area contributed by atoms with Crippen LogP contribution in [-0.4, -0.2) is 42.2 Å². The number of imide groups is 1. The zero-order chi connectivity index (χ0) is 24.8. The summed E-state index contributed by atoms with van der Waals surface area (Å²) in [7, 11) is 1.57. The van der Waals surface area contributed by atoms with E-state index in [9.17, 15) is 19.2 Å². The highest BCUT2D eigenvalue weighted by Crippen LogP contribution is 2.22. The van der Waals surface area contributed by atoms with Crippen molar-refractivity contribution in [1.82, 2.24) is 4.90 Å². The molecule has 3 aromatic rings. The Labute approximate surface area is 202 Å². The van der Waals surface area contributed by atoms with Crippen molar-refractivity contribution in [2.75, 3.05) is 19.0 Å². The van der Waals surface area contributed by atoms with Gasteiger partial charge in [-0.2, -0.15) is 0 Å². The first-order valence-electron chi connectivity index (χ1n) is 11.1. The number of hydrogen-bond acceptors (Lipinski definition) is 6. The number of rotatable bonds is 9. The van der Waals surface area contributed by atoms with Crippen LogP contribution in [0.2, 0.25) is 0 Å². The van der Waals surface area contributed by atoms with Crippen LogP contribution in [0.5, 0.6) is 5.75 Å². The van der Waals surface area contributed by atoms with Gasteiger partial charge in [0.25, 0.3) is 17.7 Å². The van der Waals surface area contributed by atoms with Crippen molar-refractivity contribution in [3.05, 3.63) is 95.1 Å². The average molecular weight is 472 g/mol. The monoisotopic (exact) mass is 472 g/mol. The van der Waals surface area contributed by atoms with E-state index in [1.165, 1.54) is 0 Å². The zero-order valence-electron chi connectivity index (χ0n) is 19.2. The molecule has 0 fully saturated rings. The van der Waals surface area contributed by atoms with Crippen molar-refractivity contribution in [2.45, 2.75) is 19.4 Å². The lowest BCUT2D eigenvalue weighted by Crippen LogP contribution is -2.31. The number of ether oxygens (including phenoxy) is 2. The number of fused-ring (bicyclic) bond motifs is 1. The van der Waals surface area contributed by atoms with Gasteiger partial charge in [-0.05, 0) is 60.5 Å². The molecular formula is C27H24N2O6. The lowest BCUT2D eigenvalue weighted by molar-refractivity contribution is -0.145.